The van der Waals surface area contributed by atoms with Gasteiger partial charge >= 0.3 is 0 Å². The second-order valence-corrected chi connectivity index (χ2v) is 6.46. The highest BCUT2D eigenvalue weighted by Crippen LogP contribution is 2.31. The third kappa shape index (κ3) is 3.82. The number of methoxy groups -OCH3 is 2. The van der Waals surface area contributed by atoms with Gasteiger partial charge < -0.3 is 9.47 Å². The lowest BCUT2D eigenvalue weighted by Gasteiger charge is -2.17. The van der Waals surface area contributed by atoms with Gasteiger partial charge in [0.25, 0.3) is 5.56 Å². The number of aromatic nitrogens is 2. The quantitative estimate of drug-likeness (QED) is 0.842. The Kier molecular flexibility index (Phi) is 5.07. The lowest BCUT2D eigenvalue weighted by Crippen LogP contribution is -2.32. The van der Waals surface area contributed by atoms with Crippen LogP contribution in [0.5, 0.6) is 11.5 Å². The molecule has 0 aliphatic carbocycles. The number of ketones is 1. The van der Waals surface area contributed by atoms with E-state index in [1.165, 1.54) is 10.7 Å². The smallest absolute Gasteiger partial charge is 0.267 e. The lowest BCUT2D eigenvalue weighted by molar-refractivity contribution is -0.127. The highest BCUT2D eigenvalue weighted by Gasteiger charge is 2.22. The van der Waals surface area contributed by atoms with Crippen molar-refractivity contribution < 1.29 is 14.3 Å². The van der Waals surface area contributed by atoms with E-state index < -0.39 is 5.41 Å². The Hall–Kier alpha value is -2.63. The Morgan fingerprint density at radius 2 is 1.75 bits per heavy atom. The molecule has 2 aromatic rings. The van der Waals surface area contributed by atoms with E-state index in [9.17, 15) is 9.59 Å². The Balaban J connectivity index is 2.41. The number of ether oxygens (including phenoxy) is 2. The normalized spacial score (nSPS) is 11.2. The van der Waals surface area contributed by atoms with Crippen LogP contribution in [0.1, 0.15) is 20.8 Å². The summed E-state index contributed by atoms with van der Waals surface area (Å²) in [5.74, 6) is 1.12. The summed E-state index contributed by atoms with van der Waals surface area (Å²) in [5.41, 5.74) is 0.513. The van der Waals surface area contributed by atoms with Gasteiger partial charge in [0.1, 0.15) is 6.54 Å². The topological polar surface area (TPSA) is 70.4 Å². The Morgan fingerprint density at radius 1 is 1.08 bits per heavy atom. The third-order valence-corrected chi connectivity index (χ3v) is 3.68. The van der Waals surface area contributed by atoms with E-state index in [1.54, 1.807) is 32.4 Å². The molecule has 0 spiro atoms. The van der Waals surface area contributed by atoms with Gasteiger partial charge in [-0.15, -0.1) is 0 Å². The zero-order chi connectivity index (χ0) is 17.9. The van der Waals surface area contributed by atoms with Crippen molar-refractivity contribution >= 4 is 5.78 Å². The number of carbonyl (C=O) groups is 1. The molecule has 0 aliphatic heterocycles. The number of rotatable bonds is 5. The molecule has 6 heteroatoms. The molecule has 24 heavy (non-hydrogen) atoms. The molecule has 1 aromatic heterocycles. The number of hydrogen-bond acceptors (Lipinski definition) is 5. The van der Waals surface area contributed by atoms with E-state index in [0.29, 0.717) is 17.2 Å². The maximum atomic E-state index is 12.2. The first-order valence-corrected chi connectivity index (χ1v) is 7.60. The van der Waals surface area contributed by atoms with Gasteiger partial charge in [0.05, 0.1) is 19.9 Å². The van der Waals surface area contributed by atoms with Crippen molar-refractivity contribution in [3.8, 4) is 22.8 Å². The molecule has 1 heterocycles. The molecule has 0 bridgehead atoms. The SMILES string of the molecule is COc1ccc(-c2ccc(=O)n(CC(=O)C(C)(C)C)n2)cc1OC. The zero-order valence-electron chi connectivity index (χ0n) is 14.6. The van der Waals surface area contributed by atoms with E-state index in [0.717, 1.165) is 5.56 Å². The van der Waals surface area contributed by atoms with Crippen LogP contribution >= 0.6 is 0 Å². The van der Waals surface area contributed by atoms with E-state index in [4.69, 9.17) is 9.47 Å². The molecule has 0 N–H and O–H groups in total. The number of Topliss-reactive ketones (excluding diaryl/α,β-unsaturated/α-hetero) is 1. The first-order chi connectivity index (χ1) is 11.3. The molecule has 0 fully saturated rings. The van der Waals surface area contributed by atoms with Crippen LogP contribution in [0, 0.1) is 5.41 Å². The van der Waals surface area contributed by atoms with Gasteiger partial charge in [-0.3, -0.25) is 9.59 Å². The predicted molar refractivity (Wildman–Crippen MR) is 91.5 cm³/mol. The summed E-state index contributed by atoms with van der Waals surface area (Å²) in [4.78, 5) is 24.2. The van der Waals surface area contributed by atoms with Gasteiger partial charge in [-0.1, -0.05) is 20.8 Å². The van der Waals surface area contributed by atoms with E-state index in [1.807, 2.05) is 26.8 Å². The molecular weight excluding hydrogens is 308 g/mol. The van der Waals surface area contributed by atoms with Crippen LogP contribution in [0.4, 0.5) is 0 Å². The van der Waals surface area contributed by atoms with Crippen LogP contribution < -0.4 is 15.0 Å². The van der Waals surface area contributed by atoms with Gasteiger partial charge in [0, 0.05) is 17.0 Å². The summed E-state index contributed by atoms with van der Waals surface area (Å²) < 4.78 is 11.7. The van der Waals surface area contributed by atoms with E-state index >= 15 is 0 Å². The van der Waals surface area contributed by atoms with Crippen LogP contribution in [0.3, 0.4) is 0 Å². The molecule has 0 aliphatic rings. The minimum absolute atomic E-state index is 0.0521. The first kappa shape index (κ1) is 17.7. The number of benzene rings is 1. The van der Waals surface area contributed by atoms with Crippen LogP contribution in [0.25, 0.3) is 11.3 Å². The van der Waals surface area contributed by atoms with Crippen molar-refractivity contribution in [3.05, 3.63) is 40.7 Å². The Bertz CT molecular complexity index is 803. The third-order valence-electron chi connectivity index (χ3n) is 3.68. The second-order valence-electron chi connectivity index (χ2n) is 6.46. The Morgan fingerprint density at radius 3 is 2.33 bits per heavy atom. The highest BCUT2D eigenvalue weighted by molar-refractivity contribution is 5.83. The molecule has 0 atom stereocenters. The fraction of sp³-hybridized carbons (Fsp3) is 0.389. The zero-order valence-corrected chi connectivity index (χ0v) is 14.6. The fourth-order valence-electron chi connectivity index (χ4n) is 2.08. The van der Waals surface area contributed by atoms with Gasteiger partial charge in [0.15, 0.2) is 17.3 Å². The molecule has 0 unspecified atom stereocenters. The number of carbonyl (C=O) groups excluding carboxylic acids is 1. The molecule has 0 amide bonds. The standard InChI is InChI=1S/C18H22N2O4/c1-18(2,3)16(21)11-20-17(22)9-7-13(19-20)12-6-8-14(23-4)15(10-12)24-5/h6-10H,11H2,1-5H3. The maximum Gasteiger partial charge on any atom is 0.267 e. The minimum atomic E-state index is -0.527. The molecule has 0 radical (unpaired) electrons. The first-order valence-electron chi connectivity index (χ1n) is 7.60. The summed E-state index contributed by atoms with van der Waals surface area (Å²) in [6.45, 7) is 5.40. The Labute approximate surface area is 141 Å². The lowest BCUT2D eigenvalue weighted by atomic mass is 9.91. The molecule has 0 saturated heterocycles. The molecule has 2 rings (SSSR count). The predicted octanol–water partition coefficient (Wildman–Crippen LogP) is 2.54. The summed E-state index contributed by atoms with van der Waals surface area (Å²) in [6.07, 6.45) is 0. The summed E-state index contributed by atoms with van der Waals surface area (Å²) in [6, 6.07) is 8.41. The second kappa shape index (κ2) is 6.86. The summed E-state index contributed by atoms with van der Waals surface area (Å²) in [5, 5.41) is 4.31. The monoisotopic (exact) mass is 330 g/mol. The van der Waals surface area contributed by atoms with Gasteiger partial charge in [0.2, 0.25) is 0 Å². The van der Waals surface area contributed by atoms with Crippen molar-refractivity contribution in [1.29, 1.82) is 0 Å². The fourth-order valence-corrected chi connectivity index (χ4v) is 2.08. The molecule has 1 aromatic carbocycles. The van der Waals surface area contributed by atoms with Crippen LogP contribution in [0.2, 0.25) is 0 Å². The maximum absolute atomic E-state index is 12.2. The average molecular weight is 330 g/mol. The van der Waals surface area contributed by atoms with Crippen molar-refractivity contribution in [2.24, 2.45) is 5.41 Å². The summed E-state index contributed by atoms with van der Waals surface area (Å²) in [7, 11) is 3.12. The van der Waals surface area contributed by atoms with Crippen molar-refractivity contribution in [2.75, 3.05) is 14.2 Å². The molecule has 128 valence electrons. The van der Waals surface area contributed by atoms with E-state index in [-0.39, 0.29) is 17.9 Å². The minimum Gasteiger partial charge on any atom is -0.493 e. The molecule has 6 nitrogen and oxygen atoms in total. The van der Waals surface area contributed by atoms with E-state index in [2.05, 4.69) is 5.10 Å². The van der Waals surface area contributed by atoms with Gasteiger partial charge in [-0.05, 0) is 24.3 Å². The number of hydrogen-bond donors (Lipinski definition) is 0. The van der Waals surface area contributed by atoms with Crippen LogP contribution in [-0.4, -0.2) is 29.8 Å². The van der Waals surface area contributed by atoms with Gasteiger partial charge in [-0.25, -0.2) is 4.68 Å². The number of nitrogens with zero attached hydrogens (tertiary/aromatic N) is 2. The van der Waals surface area contributed by atoms with Gasteiger partial charge in [-0.2, -0.15) is 5.10 Å². The summed E-state index contributed by atoms with van der Waals surface area (Å²) >= 11 is 0. The van der Waals surface area contributed by atoms with Crippen molar-refractivity contribution in [2.45, 2.75) is 27.3 Å². The van der Waals surface area contributed by atoms with Crippen molar-refractivity contribution in [3.63, 3.8) is 0 Å². The van der Waals surface area contributed by atoms with Crippen molar-refractivity contribution in [1.82, 2.24) is 9.78 Å². The largest absolute Gasteiger partial charge is 0.493 e. The highest BCUT2D eigenvalue weighted by atomic mass is 16.5. The molecular formula is C18H22N2O4. The van der Waals surface area contributed by atoms with Crippen LogP contribution in [0.15, 0.2) is 35.1 Å². The van der Waals surface area contributed by atoms with Crippen LogP contribution in [-0.2, 0) is 11.3 Å². The molecule has 0 saturated carbocycles. The average Bonchev–Trinajstić information content (AvgIpc) is 2.55.